The second kappa shape index (κ2) is 9.33. The lowest BCUT2D eigenvalue weighted by Crippen LogP contribution is -2.48. The Kier molecular flexibility index (Phi) is 6.82. The quantitative estimate of drug-likeness (QED) is 0.807. The fourth-order valence-corrected chi connectivity index (χ4v) is 3.51. The molecular weight excluding hydrogens is 374 g/mol. The van der Waals surface area contributed by atoms with Gasteiger partial charge >= 0.3 is 0 Å². The third kappa shape index (κ3) is 5.31. The van der Waals surface area contributed by atoms with Gasteiger partial charge in [-0.2, -0.15) is 0 Å². The molecule has 0 aromatic heterocycles. The Bertz CT molecular complexity index is 833. The topological polar surface area (TPSA) is 38.8 Å². The van der Waals surface area contributed by atoms with Gasteiger partial charge in [0.15, 0.2) is 11.6 Å². The van der Waals surface area contributed by atoms with Crippen LogP contribution in [0.1, 0.15) is 22.0 Å². The number of nitrogens with one attached hydrogen (secondary N) is 1. The minimum Gasteiger partial charge on any atom is -0.378 e. The van der Waals surface area contributed by atoms with Crippen LogP contribution in [0.4, 0.5) is 14.5 Å². The minimum atomic E-state index is -1.02. The van der Waals surface area contributed by atoms with Crippen molar-refractivity contribution in [2.24, 2.45) is 0 Å². The highest BCUT2D eigenvalue weighted by molar-refractivity contribution is 5.94. The minimum absolute atomic E-state index is 0.00848. The van der Waals surface area contributed by atoms with Crippen LogP contribution >= 0.6 is 0 Å². The third-order valence-electron chi connectivity index (χ3n) is 5.41. The highest BCUT2D eigenvalue weighted by Gasteiger charge is 2.25. The molecule has 2 aromatic rings. The molecule has 156 valence electrons. The lowest BCUT2D eigenvalue weighted by molar-refractivity contribution is 0.0886. The molecule has 0 unspecified atom stereocenters. The summed E-state index contributed by atoms with van der Waals surface area (Å²) in [5.74, 6) is -2.39. The van der Waals surface area contributed by atoms with Gasteiger partial charge in [-0.1, -0.05) is 12.1 Å². The van der Waals surface area contributed by atoms with Gasteiger partial charge < -0.3 is 15.1 Å². The number of nitrogens with zero attached hydrogens (tertiary/aromatic N) is 3. The van der Waals surface area contributed by atoms with Gasteiger partial charge in [0.1, 0.15) is 0 Å². The average molecular weight is 402 g/mol. The van der Waals surface area contributed by atoms with Crippen molar-refractivity contribution in [3.05, 3.63) is 65.2 Å². The molecule has 29 heavy (non-hydrogen) atoms. The summed E-state index contributed by atoms with van der Waals surface area (Å²) >= 11 is 0. The van der Waals surface area contributed by atoms with Gasteiger partial charge in [0.25, 0.3) is 5.91 Å². The van der Waals surface area contributed by atoms with Crippen LogP contribution in [0.25, 0.3) is 0 Å². The number of hydrogen-bond acceptors (Lipinski definition) is 4. The molecular formula is C22H28F2N4O. The Morgan fingerprint density at radius 1 is 1.03 bits per heavy atom. The van der Waals surface area contributed by atoms with Crippen LogP contribution in [0.5, 0.6) is 0 Å². The zero-order valence-corrected chi connectivity index (χ0v) is 17.2. The summed E-state index contributed by atoms with van der Waals surface area (Å²) in [7, 11) is 6.09. The van der Waals surface area contributed by atoms with Crippen molar-refractivity contribution in [2.45, 2.75) is 6.04 Å². The van der Waals surface area contributed by atoms with Crippen molar-refractivity contribution in [1.29, 1.82) is 0 Å². The standard InChI is InChI=1S/C22H28F2N4O/c1-26(2)18-7-4-16(5-8-18)21(28-12-10-27(3)11-13-28)15-25-22(29)17-6-9-19(23)20(24)14-17/h4-9,14,21H,10-13,15H2,1-3H3,(H,25,29)/t21-/m1/s1. The number of amides is 1. The maximum atomic E-state index is 13.5. The van der Waals surface area contributed by atoms with Crippen LogP contribution in [0, 0.1) is 11.6 Å². The molecule has 1 aliphatic heterocycles. The molecule has 5 nitrogen and oxygen atoms in total. The van der Waals surface area contributed by atoms with Gasteiger partial charge in [-0.3, -0.25) is 9.69 Å². The molecule has 1 fully saturated rings. The SMILES string of the molecule is CN1CCN([C@H](CNC(=O)c2ccc(F)c(F)c2)c2ccc(N(C)C)cc2)CC1. The largest absolute Gasteiger partial charge is 0.378 e. The molecule has 3 rings (SSSR count). The first kappa shape index (κ1) is 21.2. The van der Waals surface area contributed by atoms with E-state index in [1.165, 1.54) is 6.07 Å². The number of carbonyl (C=O) groups excluding carboxylic acids is 1. The van der Waals surface area contributed by atoms with Gasteiger partial charge in [-0.05, 0) is 42.9 Å². The Balaban J connectivity index is 1.75. The van der Waals surface area contributed by atoms with Gasteiger partial charge in [-0.25, -0.2) is 8.78 Å². The van der Waals surface area contributed by atoms with E-state index in [1.54, 1.807) is 0 Å². The van der Waals surface area contributed by atoms with E-state index in [4.69, 9.17) is 0 Å². The molecule has 1 saturated heterocycles. The monoisotopic (exact) mass is 402 g/mol. The maximum Gasteiger partial charge on any atom is 0.251 e. The van der Waals surface area contributed by atoms with Crippen molar-refractivity contribution >= 4 is 11.6 Å². The normalized spacial score (nSPS) is 16.4. The summed E-state index contributed by atoms with van der Waals surface area (Å²) < 4.78 is 26.6. The fraction of sp³-hybridized carbons (Fsp3) is 0.409. The van der Waals surface area contributed by atoms with Crippen molar-refractivity contribution in [3.8, 4) is 0 Å². The number of hydrogen-bond donors (Lipinski definition) is 1. The Hall–Kier alpha value is -2.51. The summed E-state index contributed by atoms with van der Waals surface area (Å²) in [4.78, 5) is 19.2. The number of anilines is 1. The summed E-state index contributed by atoms with van der Waals surface area (Å²) in [6, 6.07) is 11.5. The number of carbonyl (C=O) groups is 1. The molecule has 1 atom stereocenters. The van der Waals surface area contributed by atoms with Crippen molar-refractivity contribution in [3.63, 3.8) is 0 Å². The molecule has 1 heterocycles. The van der Waals surface area contributed by atoms with Crippen molar-refractivity contribution in [2.75, 3.05) is 58.8 Å². The van der Waals surface area contributed by atoms with Gasteiger partial charge in [-0.15, -0.1) is 0 Å². The lowest BCUT2D eigenvalue weighted by Gasteiger charge is -2.38. The maximum absolute atomic E-state index is 13.5. The number of piperazine rings is 1. The highest BCUT2D eigenvalue weighted by Crippen LogP contribution is 2.24. The molecule has 2 aromatic carbocycles. The third-order valence-corrected chi connectivity index (χ3v) is 5.41. The summed E-state index contributed by atoms with van der Waals surface area (Å²) in [5.41, 5.74) is 2.34. The van der Waals surface area contributed by atoms with Crippen LogP contribution in [-0.2, 0) is 0 Å². The van der Waals surface area contributed by atoms with Crippen LogP contribution in [0.2, 0.25) is 0 Å². The van der Waals surface area contributed by atoms with E-state index in [0.717, 1.165) is 49.6 Å². The van der Waals surface area contributed by atoms with E-state index in [1.807, 2.05) is 19.0 Å². The lowest BCUT2D eigenvalue weighted by atomic mass is 10.0. The number of benzene rings is 2. The van der Waals surface area contributed by atoms with Crippen LogP contribution in [0.15, 0.2) is 42.5 Å². The van der Waals surface area contributed by atoms with Crippen LogP contribution in [0.3, 0.4) is 0 Å². The first-order valence-electron chi connectivity index (χ1n) is 9.78. The van der Waals surface area contributed by atoms with E-state index in [0.29, 0.717) is 6.54 Å². The first-order chi connectivity index (χ1) is 13.8. The van der Waals surface area contributed by atoms with Gasteiger partial charge in [0, 0.05) is 58.1 Å². The number of rotatable bonds is 6. The smallest absolute Gasteiger partial charge is 0.251 e. The second-order valence-corrected chi connectivity index (χ2v) is 7.68. The molecule has 1 N–H and O–H groups in total. The molecule has 1 amide bonds. The zero-order chi connectivity index (χ0) is 21.0. The van der Waals surface area contributed by atoms with Crippen LogP contribution in [-0.4, -0.2) is 69.6 Å². The van der Waals surface area contributed by atoms with E-state index >= 15 is 0 Å². The average Bonchev–Trinajstić information content (AvgIpc) is 2.71. The number of likely N-dealkylation sites (N-methyl/N-ethyl adjacent to an activating group) is 1. The van der Waals surface area contributed by atoms with E-state index in [9.17, 15) is 13.6 Å². The highest BCUT2D eigenvalue weighted by atomic mass is 19.2. The Morgan fingerprint density at radius 3 is 2.28 bits per heavy atom. The Morgan fingerprint density at radius 2 is 1.69 bits per heavy atom. The van der Waals surface area contributed by atoms with E-state index in [2.05, 4.69) is 46.4 Å². The zero-order valence-electron chi connectivity index (χ0n) is 17.2. The summed E-state index contributed by atoms with van der Waals surface area (Å²) in [6.07, 6.45) is 0. The molecule has 1 aliphatic rings. The Labute approximate surface area is 170 Å². The predicted octanol–water partition coefficient (Wildman–Crippen LogP) is 2.75. The van der Waals surface area contributed by atoms with Crippen LogP contribution < -0.4 is 10.2 Å². The van der Waals surface area contributed by atoms with E-state index in [-0.39, 0.29) is 11.6 Å². The molecule has 0 radical (unpaired) electrons. The molecule has 0 aliphatic carbocycles. The summed E-state index contributed by atoms with van der Waals surface area (Å²) in [5, 5.41) is 2.90. The van der Waals surface area contributed by atoms with E-state index < -0.39 is 17.5 Å². The fourth-order valence-electron chi connectivity index (χ4n) is 3.51. The van der Waals surface area contributed by atoms with Crippen molar-refractivity contribution < 1.29 is 13.6 Å². The summed E-state index contributed by atoms with van der Waals surface area (Å²) in [6.45, 7) is 4.12. The molecule has 0 saturated carbocycles. The predicted molar refractivity (Wildman–Crippen MR) is 111 cm³/mol. The van der Waals surface area contributed by atoms with Gasteiger partial charge in [0.2, 0.25) is 0 Å². The first-order valence-corrected chi connectivity index (χ1v) is 9.78. The van der Waals surface area contributed by atoms with Gasteiger partial charge in [0.05, 0.1) is 6.04 Å². The van der Waals surface area contributed by atoms with Crippen molar-refractivity contribution in [1.82, 2.24) is 15.1 Å². The molecule has 0 bridgehead atoms. The number of halogens is 2. The molecule has 0 spiro atoms. The molecule has 7 heteroatoms. The second-order valence-electron chi connectivity index (χ2n) is 7.68.